The summed E-state index contributed by atoms with van der Waals surface area (Å²) in [5, 5.41) is 15.6. The fourth-order valence-corrected chi connectivity index (χ4v) is 4.02. The van der Waals surface area contributed by atoms with E-state index in [4.69, 9.17) is 4.74 Å². The van der Waals surface area contributed by atoms with Gasteiger partial charge in [-0.1, -0.05) is 24.6 Å². The molecule has 4 aromatic rings. The van der Waals surface area contributed by atoms with Gasteiger partial charge >= 0.3 is 0 Å². The summed E-state index contributed by atoms with van der Waals surface area (Å²) in [5.41, 5.74) is 1.56. The van der Waals surface area contributed by atoms with E-state index in [1.54, 1.807) is 23.0 Å². The van der Waals surface area contributed by atoms with Crippen LogP contribution in [-0.4, -0.2) is 37.6 Å². The molecule has 1 N–H and O–H groups in total. The number of hydrogen-bond acceptors (Lipinski definition) is 5. The summed E-state index contributed by atoms with van der Waals surface area (Å²) in [6.45, 7) is 0.824. The van der Waals surface area contributed by atoms with Crippen molar-refractivity contribution in [2.75, 3.05) is 12.4 Å². The summed E-state index contributed by atoms with van der Waals surface area (Å²) < 4.78 is 23.6. The lowest BCUT2D eigenvalue weighted by Gasteiger charge is -2.10. The highest BCUT2D eigenvalue weighted by Gasteiger charge is 2.21. The number of fused-ring (bicyclic) bond motifs is 1. The highest BCUT2D eigenvalue weighted by Crippen LogP contribution is 2.28. The number of methoxy groups -OCH3 is 1. The molecule has 0 unspecified atom stereocenters. The number of halogens is 1. The summed E-state index contributed by atoms with van der Waals surface area (Å²) in [6, 6.07) is 13.9. The molecule has 1 aliphatic rings. The second-order valence-electron chi connectivity index (χ2n) is 7.88. The molecule has 0 radical (unpaired) electrons. The van der Waals surface area contributed by atoms with E-state index in [1.165, 1.54) is 13.2 Å². The number of aryl methyl sites for hydroxylation is 1. The molecule has 2 aromatic heterocycles. The molecule has 1 aliphatic heterocycles. The molecule has 0 fully saturated rings. The van der Waals surface area contributed by atoms with Crippen LogP contribution in [0.1, 0.15) is 35.6 Å². The molecule has 0 spiro atoms. The van der Waals surface area contributed by atoms with Crippen LogP contribution in [0.4, 0.5) is 10.1 Å². The van der Waals surface area contributed by atoms with Gasteiger partial charge in [0.1, 0.15) is 11.6 Å². The van der Waals surface area contributed by atoms with Crippen LogP contribution in [0.15, 0.2) is 54.7 Å². The Labute approximate surface area is 190 Å². The molecule has 0 aliphatic carbocycles. The van der Waals surface area contributed by atoms with Gasteiger partial charge in [-0.3, -0.25) is 4.79 Å². The molecule has 5 rings (SSSR count). The quantitative estimate of drug-likeness (QED) is 0.495. The Morgan fingerprint density at radius 1 is 1.09 bits per heavy atom. The van der Waals surface area contributed by atoms with Gasteiger partial charge < -0.3 is 14.6 Å². The Morgan fingerprint density at radius 3 is 2.76 bits per heavy atom. The molecule has 0 bridgehead atoms. The summed E-state index contributed by atoms with van der Waals surface area (Å²) in [6.07, 6.45) is 5.77. The second kappa shape index (κ2) is 8.85. The fraction of sp³-hybridized carbons (Fsp3) is 0.250. The first-order valence-electron chi connectivity index (χ1n) is 10.9. The third kappa shape index (κ3) is 4.09. The molecular formula is C24H23FN6O2. The van der Waals surface area contributed by atoms with Crippen molar-refractivity contribution < 1.29 is 13.9 Å². The van der Waals surface area contributed by atoms with E-state index in [1.807, 2.05) is 30.3 Å². The minimum Gasteiger partial charge on any atom is -0.493 e. The first kappa shape index (κ1) is 20.9. The number of nitrogens with one attached hydrogen (secondary N) is 1. The number of benzene rings is 2. The number of nitrogens with zero attached hydrogens (tertiary/aromatic N) is 5. The predicted molar refractivity (Wildman–Crippen MR) is 121 cm³/mol. The maximum atomic E-state index is 14.6. The van der Waals surface area contributed by atoms with Crippen molar-refractivity contribution in [2.45, 2.75) is 32.2 Å². The smallest absolute Gasteiger partial charge is 0.280 e. The Hall–Kier alpha value is -4.01. The lowest BCUT2D eigenvalue weighted by molar-refractivity contribution is 0.101. The SMILES string of the molecule is COc1cn(-c2ccccc2)nc1C(=O)Nc1cc(-c2nnc3n2CCCCC3)ccc1F. The standard InChI is InChI=1S/C24H23FN6O2/c1-33-20-15-31(17-8-4-2-5-9-17)29-22(20)24(32)26-19-14-16(11-12-18(19)25)23-28-27-21-10-6-3-7-13-30(21)23/h2,4-5,8-9,11-12,14-15H,3,6-7,10,13H2,1H3,(H,26,32). The van der Waals surface area contributed by atoms with Gasteiger partial charge in [-0.05, 0) is 43.2 Å². The van der Waals surface area contributed by atoms with Crippen LogP contribution in [0.5, 0.6) is 5.75 Å². The summed E-state index contributed by atoms with van der Waals surface area (Å²) in [4.78, 5) is 13.0. The number of carbonyl (C=O) groups excluding carboxylic acids is 1. The second-order valence-corrected chi connectivity index (χ2v) is 7.88. The lowest BCUT2D eigenvalue weighted by atomic mass is 10.1. The monoisotopic (exact) mass is 446 g/mol. The number of ether oxygens (including phenoxy) is 1. The van der Waals surface area contributed by atoms with Gasteiger partial charge in [-0.25, -0.2) is 9.07 Å². The van der Waals surface area contributed by atoms with Gasteiger partial charge in [0, 0.05) is 18.5 Å². The van der Waals surface area contributed by atoms with Crippen LogP contribution in [0.25, 0.3) is 17.1 Å². The normalized spacial score (nSPS) is 13.3. The Bertz CT molecular complexity index is 1300. The van der Waals surface area contributed by atoms with Crippen molar-refractivity contribution in [2.24, 2.45) is 0 Å². The zero-order valence-corrected chi connectivity index (χ0v) is 18.2. The molecular weight excluding hydrogens is 423 g/mol. The highest BCUT2D eigenvalue weighted by molar-refractivity contribution is 6.05. The van der Waals surface area contributed by atoms with Crippen LogP contribution >= 0.6 is 0 Å². The molecule has 33 heavy (non-hydrogen) atoms. The summed E-state index contributed by atoms with van der Waals surface area (Å²) in [7, 11) is 1.46. The highest BCUT2D eigenvalue weighted by atomic mass is 19.1. The van der Waals surface area contributed by atoms with Gasteiger partial charge in [-0.2, -0.15) is 5.10 Å². The minimum atomic E-state index is -0.572. The zero-order valence-electron chi connectivity index (χ0n) is 18.2. The fourth-order valence-electron chi connectivity index (χ4n) is 4.02. The largest absolute Gasteiger partial charge is 0.493 e. The molecule has 168 valence electrons. The molecule has 9 heteroatoms. The predicted octanol–water partition coefficient (Wildman–Crippen LogP) is 4.26. The average Bonchev–Trinajstić information content (AvgIpc) is 3.39. The van der Waals surface area contributed by atoms with Gasteiger partial charge in [0.05, 0.1) is 24.7 Å². The van der Waals surface area contributed by atoms with Gasteiger partial charge in [0.15, 0.2) is 17.3 Å². The van der Waals surface area contributed by atoms with E-state index < -0.39 is 11.7 Å². The number of carbonyl (C=O) groups is 1. The third-order valence-electron chi connectivity index (χ3n) is 5.72. The third-order valence-corrected chi connectivity index (χ3v) is 5.72. The molecule has 0 saturated heterocycles. The van der Waals surface area contributed by atoms with Crippen molar-refractivity contribution >= 4 is 11.6 Å². The number of aromatic nitrogens is 5. The molecule has 0 saturated carbocycles. The molecule has 1 amide bonds. The van der Waals surface area contributed by atoms with E-state index in [-0.39, 0.29) is 17.1 Å². The topological polar surface area (TPSA) is 86.9 Å². The number of rotatable bonds is 5. The van der Waals surface area contributed by atoms with E-state index in [0.29, 0.717) is 11.4 Å². The Balaban J connectivity index is 1.44. The number of hydrogen-bond donors (Lipinski definition) is 1. The lowest BCUT2D eigenvalue weighted by Crippen LogP contribution is -2.15. The van der Waals surface area contributed by atoms with Gasteiger partial charge in [0.25, 0.3) is 5.91 Å². The van der Waals surface area contributed by atoms with Crippen molar-refractivity contribution in [3.05, 3.63) is 72.1 Å². The molecule has 0 atom stereocenters. The van der Waals surface area contributed by atoms with Crippen molar-refractivity contribution in [1.29, 1.82) is 0 Å². The number of anilines is 1. The van der Waals surface area contributed by atoms with E-state index >= 15 is 0 Å². The van der Waals surface area contributed by atoms with Crippen molar-refractivity contribution in [1.82, 2.24) is 24.5 Å². The van der Waals surface area contributed by atoms with E-state index in [2.05, 4.69) is 25.2 Å². The first-order chi connectivity index (χ1) is 16.1. The van der Waals surface area contributed by atoms with Crippen LogP contribution in [-0.2, 0) is 13.0 Å². The Morgan fingerprint density at radius 2 is 1.94 bits per heavy atom. The van der Waals surface area contributed by atoms with E-state index in [9.17, 15) is 9.18 Å². The van der Waals surface area contributed by atoms with Crippen molar-refractivity contribution in [3.63, 3.8) is 0 Å². The number of para-hydroxylation sites is 1. The van der Waals surface area contributed by atoms with Crippen LogP contribution in [0, 0.1) is 5.82 Å². The Kier molecular flexibility index (Phi) is 5.60. The molecule has 2 aromatic carbocycles. The van der Waals surface area contributed by atoms with Crippen molar-refractivity contribution in [3.8, 4) is 22.8 Å². The first-order valence-corrected chi connectivity index (χ1v) is 10.9. The average molecular weight is 446 g/mol. The zero-order chi connectivity index (χ0) is 22.8. The maximum Gasteiger partial charge on any atom is 0.280 e. The van der Waals surface area contributed by atoms with Crippen LogP contribution < -0.4 is 10.1 Å². The van der Waals surface area contributed by atoms with Crippen LogP contribution in [0.3, 0.4) is 0 Å². The molecule has 3 heterocycles. The van der Waals surface area contributed by atoms with Gasteiger partial charge in [-0.15, -0.1) is 10.2 Å². The summed E-state index contributed by atoms with van der Waals surface area (Å²) >= 11 is 0. The van der Waals surface area contributed by atoms with E-state index in [0.717, 1.165) is 43.7 Å². The van der Waals surface area contributed by atoms with Gasteiger partial charge in [0.2, 0.25) is 0 Å². The number of amides is 1. The minimum absolute atomic E-state index is 0.0415. The summed E-state index contributed by atoms with van der Waals surface area (Å²) in [5.74, 6) is 0.777. The van der Waals surface area contributed by atoms with Crippen LogP contribution in [0.2, 0.25) is 0 Å². The maximum absolute atomic E-state index is 14.6. The molecule has 8 nitrogen and oxygen atoms in total.